The number of ether oxygens (including phenoxy) is 1. The summed E-state index contributed by atoms with van der Waals surface area (Å²) in [7, 11) is 0. The Morgan fingerprint density at radius 2 is 2.19 bits per heavy atom. The zero-order chi connectivity index (χ0) is 11.4. The lowest BCUT2D eigenvalue weighted by Crippen LogP contribution is -1.96. The molecule has 1 heterocycles. The van der Waals surface area contributed by atoms with E-state index in [1.54, 1.807) is 30.6 Å². The predicted molar refractivity (Wildman–Crippen MR) is 62.7 cm³/mol. The molecule has 0 bridgehead atoms. The van der Waals surface area contributed by atoms with Crippen LogP contribution in [0.3, 0.4) is 0 Å². The maximum atomic E-state index is 13.0. The van der Waals surface area contributed by atoms with E-state index in [-0.39, 0.29) is 5.82 Å². The van der Waals surface area contributed by atoms with Gasteiger partial charge in [0.1, 0.15) is 18.2 Å². The smallest absolute Gasteiger partial charge is 0.138 e. The molecule has 2 nitrogen and oxygen atoms in total. The largest absolute Gasteiger partial charge is 0.487 e. The number of nitrogens with zero attached hydrogens (tertiary/aromatic N) is 1. The molecule has 0 atom stereocenters. The molecular formula is C12H9BrFNO. The van der Waals surface area contributed by atoms with Gasteiger partial charge in [-0.2, -0.15) is 0 Å². The molecular weight excluding hydrogens is 273 g/mol. The highest BCUT2D eigenvalue weighted by molar-refractivity contribution is 9.10. The van der Waals surface area contributed by atoms with E-state index in [4.69, 9.17) is 4.74 Å². The van der Waals surface area contributed by atoms with Crippen molar-refractivity contribution in [2.75, 3.05) is 0 Å². The fraction of sp³-hybridized carbons (Fsp3) is 0.0833. The van der Waals surface area contributed by atoms with Gasteiger partial charge in [-0.15, -0.1) is 0 Å². The molecule has 0 radical (unpaired) electrons. The van der Waals surface area contributed by atoms with Crippen LogP contribution in [-0.4, -0.2) is 4.98 Å². The number of benzene rings is 1. The Labute approximate surface area is 101 Å². The third-order valence-electron chi connectivity index (χ3n) is 2.02. The van der Waals surface area contributed by atoms with E-state index in [0.717, 1.165) is 5.56 Å². The molecule has 0 amide bonds. The average molecular weight is 282 g/mol. The minimum atomic E-state index is -0.273. The molecule has 4 heteroatoms. The van der Waals surface area contributed by atoms with Crippen LogP contribution in [0.25, 0.3) is 0 Å². The first-order valence-corrected chi connectivity index (χ1v) is 5.52. The normalized spacial score (nSPS) is 10.1. The van der Waals surface area contributed by atoms with Gasteiger partial charge in [-0.1, -0.05) is 6.07 Å². The summed E-state index contributed by atoms with van der Waals surface area (Å²) in [6.07, 6.45) is 3.32. The molecule has 2 rings (SSSR count). The van der Waals surface area contributed by atoms with E-state index in [1.807, 2.05) is 6.07 Å². The molecule has 0 unspecified atom stereocenters. The number of hydrogen-bond donors (Lipinski definition) is 0. The highest BCUT2D eigenvalue weighted by atomic mass is 79.9. The van der Waals surface area contributed by atoms with Gasteiger partial charge in [-0.05, 0) is 45.8 Å². The van der Waals surface area contributed by atoms with Crippen molar-refractivity contribution in [3.63, 3.8) is 0 Å². The Morgan fingerprint density at radius 3 is 2.88 bits per heavy atom. The summed E-state index contributed by atoms with van der Waals surface area (Å²) in [5, 5.41) is 0. The van der Waals surface area contributed by atoms with E-state index < -0.39 is 0 Å². The second-order valence-electron chi connectivity index (χ2n) is 3.23. The van der Waals surface area contributed by atoms with Gasteiger partial charge in [0.2, 0.25) is 0 Å². The van der Waals surface area contributed by atoms with E-state index >= 15 is 0 Å². The fourth-order valence-electron chi connectivity index (χ4n) is 1.23. The number of rotatable bonds is 3. The molecule has 0 aliphatic carbocycles. The van der Waals surface area contributed by atoms with Crippen molar-refractivity contribution in [1.82, 2.24) is 4.98 Å². The van der Waals surface area contributed by atoms with Crippen LogP contribution in [0.5, 0.6) is 5.75 Å². The van der Waals surface area contributed by atoms with Gasteiger partial charge in [0.15, 0.2) is 0 Å². The third-order valence-corrected chi connectivity index (χ3v) is 2.63. The maximum Gasteiger partial charge on any atom is 0.138 e. The number of halogens is 2. The van der Waals surface area contributed by atoms with E-state index in [2.05, 4.69) is 20.9 Å². The third kappa shape index (κ3) is 2.79. The first kappa shape index (κ1) is 11.1. The Balaban J connectivity index is 2.03. The molecule has 0 saturated heterocycles. The number of pyridine rings is 1. The van der Waals surface area contributed by atoms with Gasteiger partial charge in [-0.25, -0.2) is 4.39 Å². The standard InChI is InChI=1S/C12H9BrFNO/c13-11-6-9(3-4-12(11)14)8-16-10-2-1-5-15-7-10/h1-7H,8H2. The second-order valence-corrected chi connectivity index (χ2v) is 4.08. The van der Waals surface area contributed by atoms with Crippen LogP contribution in [0.15, 0.2) is 47.2 Å². The molecule has 1 aromatic heterocycles. The lowest BCUT2D eigenvalue weighted by molar-refractivity contribution is 0.304. The molecule has 0 aliphatic heterocycles. The first-order chi connectivity index (χ1) is 7.75. The molecule has 1 aromatic carbocycles. The second kappa shape index (κ2) is 5.07. The van der Waals surface area contributed by atoms with Crippen molar-refractivity contribution < 1.29 is 9.13 Å². The summed E-state index contributed by atoms with van der Waals surface area (Å²) in [6, 6.07) is 8.43. The quantitative estimate of drug-likeness (QED) is 0.858. The van der Waals surface area contributed by atoms with E-state index in [9.17, 15) is 4.39 Å². The zero-order valence-electron chi connectivity index (χ0n) is 8.36. The van der Waals surface area contributed by atoms with Gasteiger partial charge in [0, 0.05) is 6.20 Å². The predicted octanol–water partition coefficient (Wildman–Crippen LogP) is 3.56. The van der Waals surface area contributed by atoms with Crippen molar-refractivity contribution in [2.45, 2.75) is 6.61 Å². The molecule has 82 valence electrons. The summed E-state index contributed by atoms with van der Waals surface area (Å²) in [5.74, 6) is 0.424. The van der Waals surface area contributed by atoms with Crippen molar-refractivity contribution in [2.24, 2.45) is 0 Å². The topological polar surface area (TPSA) is 22.1 Å². The van der Waals surface area contributed by atoms with Gasteiger partial charge in [0.25, 0.3) is 0 Å². The van der Waals surface area contributed by atoms with Crippen LogP contribution in [0, 0.1) is 5.82 Å². The molecule has 0 fully saturated rings. The monoisotopic (exact) mass is 281 g/mol. The SMILES string of the molecule is Fc1ccc(COc2cccnc2)cc1Br. The molecule has 0 spiro atoms. The van der Waals surface area contributed by atoms with Crippen LogP contribution in [-0.2, 0) is 6.61 Å². The minimum absolute atomic E-state index is 0.273. The molecule has 0 aliphatic rings. The summed E-state index contributed by atoms with van der Waals surface area (Å²) in [5.41, 5.74) is 0.900. The number of hydrogen-bond acceptors (Lipinski definition) is 2. The Hall–Kier alpha value is -1.42. The van der Waals surface area contributed by atoms with E-state index in [1.165, 1.54) is 6.07 Å². The average Bonchev–Trinajstić information content (AvgIpc) is 2.32. The molecule has 0 saturated carbocycles. The summed E-state index contributed by atoms with van der Waals surface area (Å²) < 4.78 is 18.9. The molecule has 0 N–H and O–H groups in total. The van der Waals surface area contributed by atoms with Crippen LogP contribution in [0.4, 0.5) is 4.39 Å². The zero-order valence-corrected chi connectivity index (χ0v) is 9.95. The summed E-state index contributed by atoms with van der Waals surface area (Å²) >= 11 is 3.13. The van der Waals surface area contributed by atoms with Crippen molar-refractivity contribution in [3.05, 3.63) is 58.6 Å². The summed E-state index contributed by atoms with van der Waals surface area (Å²) in [4.78, 5) is 3.93. The maximum absolute atomic E-state index is 13.0. The van der Waals surface area contributed by atoms with Gasteiger partial charge in [-0.3, -0.25) is 4.98 Å². The Kier molecular flexibility index (Phi) is 3.51. The van der Waals surface area contributed by atoms with Gasteiger partial charge >= 0.3 is 0 Å². The van der Waals surface area contributed by atoms with Crippen molar-refractivity contribution >= 4 is 15.9 Å². The Morgan fingerprint density at radius 1 is 1.31 bits per heavy atom. The Bertz CT molecular complexity index is 476. The van der Waals surface area contributed by atoms with Crippen LogP contribution < -0.4 is 4.74 Å². The lowest BCUT2D eigenvalue weighted by atomic mass is 10.2. The minimum Gasteiger partial charge on any atom is -0.487 e. The van der Waals surface area contributed by atoms with Crippen LogP contribution >= 0.6 is 15.9 Å². The van der Waals surface area contributed by atoms with Gasteiger partial charge in [0.05, 0.1) is 10.7 Å². The molecule has 2 aromatic rings. The fourth-order valence-corrected chi connectivity index (χ4v) is 1.65. The van der Waals surface area contributed by atoms with Crippen molar-refractivity contribution in [1.29, 1.82) is 0 Å². The highest BCUT2D eigenvalue weighted by Gasteiger charge is 2.01. The van der Waals surface area contributed by atoms with Crippen LogP contribution in [0.2, 0.25) is 0 Å². The van der Waals surface area contributed by atoms with Crippen LogP contribution in [0.1, 0.15) is 5.56 Å². The molecule has 16 heavy (non-hydrogen) atoms. The highest BCUT2D eigenvalue weighted by Crippen LogP contribution is 2.18. The summed E-state index contributed by atoms with van der Waals surface area (Å²) in [6.45, 7) is 0.393. The number of aromatic nitrogens is 1. The van der Waals surface area contributed by atoms with E-state index in [0.29, 0.717) is 16.8 Å². The van der Waals surface area contributed by atoms with Gasteiger partial charge < -0.3 is 4.74 Å². The lowest BCUT2D eigenvalue weighted by Gasteiger charge is -2.06. The van der Waals surface area contributed by atoms with Crippen molar-refractivity contribution in [3.8, 4) is 5.75 Å². The first-order valence-electron chi connectivity index (χ1n) is 4.72.